The van der Waals surface area contributed by atoms with E-state index < -0.39 is 5.92 Å². The minimum atomic E-state index is -0.769. The molecule has 7 nitrogen and oxygen atoms in total. The van der Waals surface area contributed by atoms with Gasteiger partial charge in [-0.3, -0.25) is 25.2 Å². The highest BCUT2D eigenvalue weighted by Crippen LogP contribution is 2.17. The van der Waals surface area contributed by atoms with E-state index in [2.05, 4.69) is 21.2 Å². The Morgan fingerprint density at radius 3 is 2.65 bits per heavy atom. The van der Waals surface area contributed by atoms with Crippen molar-refractivity contribution in [2.45, 2.75) is 19.3 Å². The number of hydrogen-bond donors (Lipinski definition) is 4. The van der Waals surface area contributed by atoms with E-state index in [1.807, 2.05) is 30.5 Å². The molecule has 2 aromatic rings. The minimum Gasteiger partial charge on any atom is -0.361 e. The van der Waals surface area contributed by atoms with E-state index in [0.29, 0.717) is 6.54 Å². The summed E-state index contributed by atoms with van der Waals surface area (Å²) in [5.74, 6) is -1.67. The fourth-order valence-corrected chi connectivity index (χ4v) is 2.72. The van der Waals surface area contributed by atoms with Crippen molar-refractivity contribution in [3.63, 3.8) is 0 Å². The molecule has 1 aromatic carbocycles. The van der Waals surface area contributed by atoms with Gasteiger partial charge in [-0.05, 0) is 24.5 Å². The Morgan fingerprint density at radius 2 is 1.87 bits per heavy atom. The largest absolute Gasteiger partial charge is 0.361 e. The van der Waals surface area contributed by atoms with Crippen LogP contribution in [0.5, 0.6) is 0 Å². The standard InChI is InChI=1S/C16H18N4O3/c21-14(6-5-12-15(22)19-20-16(12)23)17-8-7-10-9-18-13-4-2-1-3-11(10)13/h1-4,9,12,18H,5-8H2,(H,17,21)(H,19,22)(H,20,23). The first kappa shape index (κ1) is 15.1. The number of H-pyrrole nitrogens is 1. The van der Waals surface area contributed by atoms with Crippen molar-refractivity contribution < 1.29 is 14.4 Å². The molecule has 4 N–H and O–H groups in total. The number of carbonyl (C=O) groups is 3. The van der Waals surface area contributed by atoms with Gasteiger partial charge in [-0.1, -0.05) is 18.2 Å². The van der Waals surface area contributed by atoms with Gasteiger partial charge < -0.3 is 10.3 Å². The summed E-state index contributed by atoms with van der Waals surface area (Å²) in [7, 11) is 0. The molecule has 7 heteroatoms. The summed E-state index contributed by atoms with van der Waals surface area (Å²) < 4.78 is 0. The number of nitrogens with one attached hydrogen (secondary N) is 4. The van der Waals surface area contributed by atoms with Gasteiger partial charge in [0.2, 0.25) is 5.91 Å². The third kappa shape index (κ3) is 3.33. The molecule has 1 aliphatic rings. The zero-order valence-electron chi connectivity index (χ0n) is 12.5. The first-order valence-corrected chi connectivity index (χ1v) is 7.56. The van der Waals surface area contributed by atoms with Gasteiger partial charge in [-0.2, -0.15) is 0 Å². The van der Waals surface area contributed by atoms with E-state index in [1.54, 1.807) is 0 Å². The Balaban J connectivity index is 1.44. The molecule has 0 radical (unpaired) electrons. The van der Waals surface area contributed by atoms with E-state index >= 15 is 0 Å². The molecule has 1 aliphatic heterocycles. The monoisotopic (exact) mass is 314 g/mol. The van der Waals surface area contributed by atoms with Crippen molar-refractivity contribution in [1.82, 2.24) is 21.2 Å². The lowest BCUT2D eigenvalue weighted by Crippen LogP contribution is -2.28. The zero-order valence-corrected chi connectivity index (χ0v) is 12.5. The van der Waals surface area contributed by atoms with Gasteiger partial charge in [0.05, 0.1) is 0 Å². The van der Waals surface area contributed by atoms with E-state index in [1.165, 1.54) is 0 Å². The highest BCUT2D eigenvalue weighted by atomic mass is 16.2. The van der Waals surface area contributed by atoms with Crippen LogP contribution in [0.25, 0.3) is 10.9 Å². The number of benzene rings is 1. The number of aromatic amines is 1. The fraction of sp³-hybridized carbons (Fsp3) is 0.312. The molecular formula is C16H18N4O3. The first-order chi connectivity index (χ1) is 11.1. The SMILES string of the molecule is O=C(CCC1C(=O)NNC1=O)NCCc1c[nH]c2ccccc12. The van der Waals surface area contributed by atoms with E-state index in [-0.39, 0.29) is 30.6 Å². The number of hydrazine groups is 1. The molecule has 0 unspecified atom stereocenters. The van der Waals surface area contributed by atoms with Crippen LogP contribution in [0.2, 0.25) is 0 Å². The fourth-order valence-electron chi connectivity index (χ4n) is 2.72. The lowest BCUT2D eigenvalue weighted by atomic mass is 10.0. The van der Waals surface area contributed by atoms with Gasteiger partial charge in [-0.15, -0.1) is 0 Å². The Bertz CT molecular complexity index is 737. The van der Waals surface area contributed by atoms with Gasteiger partial charge in [0.15, 0.2) is 0 Å². The predicted molar refractivity (Wildman–Crippen MR) is 84.0 cm³/mol. The third-order valence-electron chi connectivity index (χ3n) is 3.99. The van der Waals surface area contributed by atoms with Gasteiger partial charge in [0, 0.05) is 30.1 Å². The normalized spacial score (nSPS) is 14.8. The van der Waals surface area contributed by atoms with E-state index in [9.17, 15) is 14.4 Å². The predicted octanol–water partition coefficient (Wildman–Crippen LogP) is 0.384. The van der Waals surface area contributed by atoms with Crippen molar-refractivity contribution in [2.24, 2.45) is 5.92 Å². The molecule has 0 aliphatic carbocycles. The Kier molecular flexibility index (Phi) is 4.27. The van der Waals surface area contributed by atoms with Gasteiger partial charge >= 0.3 is 0 Å². The maximum atomic E-state index is 11.8. The van der Waals surface area contributed by atoms with Crippen LogP contribution < -0.4 is 16.2 Å². The summed E-state index contributed by atoms with van der Waals surface area (Å²) >= 11 is 0. The molecule has 23 heavy (non-hydrogen) atoms. The van der Waals surface area contributed by atoms with Crippen LogP contribution in [0.4, 0.5) is 0 Å². The maximum Gasteiger partial charge on any atom is 0.251 e. The summed E-state index contributed by atoms with van der Waals surface area (Å²) in [6.07, 6.45) is 3.04. The first-order valence-electron chi connectivity index (χ1n) is 7.56. The van der Waals surface area contributed by atoms with Crippen LogP contribution in [0.1, 0.15) is 18.4 Å². The highest BCUT2D eigenvalue weighted by Gasteiger charge is 2.32. The molecule has 0 saturated carbocycles. The number of rotatable bonds is 6. The summed E-state index contributed by atoms with van der Waals surface area (Å²) in [6.45, 7) is 0.518. The minimum absolute atomic E-state index is 0.152. The molecule has 0 bridgehead atoms. The number of para-hydroxylation sites is 1. The average Bonchev–Trinajstić information content (AvgIpc) is 3.10. The van der Waals surface area contributed by atoms with Crippen LogP contribution >= 0.6 is 0 Å². The van der Waals surface area contributed by atoms with E-state index in [4.69, 9.17) is 0 Å². The van der Waals surface area contributed by atoms with Crippen LogP contribution in [-0.2, 0) is 20.8 Å². The zero-order chi connectivity index (χ0) is 16.2. The molecule has 1 aromatic heterocycles. The summed E-state index contributed by atoms with van der Waals surface area (Å²) in [5.41, 5.74) is 6.72. The van der Waals surface area contributed by atoms with Gasteiger partial charge in [-0.25, -0.2) is 0 Å². The summed E-state index contributed by atoms with van der Waals surface area (Å²) in [6, 6.07) is 8.01. The van der Waals surface area contributed by atoms with Crippen LogP contribution in [-0.4, -0.2) is 29.3 Å². The number of hydrogen-bond acceptors (Lipinski definition) is 3. The van der Waals surface area contributed by atoms with Crippen LogP contribution in [0, 0.1) is 5.92 Å². The number of fused-ring (bicyclic) bond motifs is 1. The Morgan fingerprint density at radius 1 is 1.13 bits per heavy atom. The van der Waals surface area contributed by atoms with Gasteiger partial charge in [0.25, 0.3) is 11.8 Å². The van der Waals surface area contributed by atoms with Crippen molar-refractivity contribution in [3.8, 4) is 0 Å². The lowest BCUT2D eigenvalue weighted by Gasteiger charge is -2.06. The summed E-state index contributed by atoms with van der Waals surface area (Å²) in [4.78, 5) is 37.7. The van der Waals surface area contributed by atoms with Crippen LogP contribution in [0.15, 0.2) is 30.5 Å². The topological polar surface area (TPSA) is 103 Å². The molecule has 1 saturated heterocycles. The quantitative estimate of drug-likeness (QED) is 0.580. The second-order valence-corrected chi connectivity index (χ2v) is 5.53. The molecule has 0 atom stereocenters. The smallest absolute Gasteiger partial charge is 0.251 e. The van der Waals surface area contributed by atoms with E-state index in [0.717, 1.165) is 22.9 Å². The lowest BCUT2D eigenvalue weighted by molar-refractivity contribution is -0.128. The van der Waals surface area contributed by atoms with Crippen molar-refractivity contribution in [3.05, 3.63) is 36.0 Å². The maximum absolute atomic E-state index is 11.8. The number of amides is 3. The van der Waals surface area contributed by atoms with Gasteiger partial charge in [0.1, 0.15) is 5.92 Å². The molecule has 3 rings (SSSR count). The second kappa shape index (κ2) is 6.51. The highest BCUT2D eigenvalue weighted by molar-refractivity contribution is 6.05. The molecular weight excluding hydrogens is 296 g/mol. The molecule has 3 amide bonds. The molecule has 2 heterocycles. The van der Waals surface area contributed by atoms with Crippen LogP contribution in [0.3, 0.4) is 0 Å². The number of aromatic nitrogens is 1. The Hall–Kier alpha value is -2.83. The average molecular weight is 314 g/mol. The molecule has 120 valence electrons. The molecule has 1 fully saturated rings. The Labute approximate surface area is 132 Å². The van der Waals surface area contributed by atoms with Crippen molar-refractivity contribution in [2.75, 3.05) is 6.54 Å². The summed E-state index contributed by atoms with van der Waals surface area (Å²) in [5, 5.41) is 3.98. The van der Waals surface area contributed by atoms with Crippen molar-refractivity contribution >= 4 is 28.6 Å². The second-order valence-electron chi connectivity index (χ2n) is 5.53. The molecule has 0 spiro atoms. The van der Waals surface area contributed by atoms with Crippen molar-refractivity contribution in [1.29, 1.82) is 0 Å². The third-order valence-corrected chi connectivity index (χ3v) is 3.99. The number of carbonyl (C=O) groups excluding carboxylic acids is 3.